The monoisotopic (exact) mass is 544 g/mol. The van der Waals surface area contributed by atoms with E-state index in [0.29, 0.717) is 32.3 Å². The van der Waals surface area contributed by atoms with Crippen molar-refractivity contribution in [2.45, 2.75) is 0 Å². The number of halogens is 3. The number of benzene rings is 3. The SMILES string of the molecule is O=C(Nc1ccc(Cl)cc1)C(=O)Nn1c(C(=O)Nc2cccc(Cl)c2)cc2cc(Br)ccc21. The van der Waals surface area contributed by atoms with Gasteiger partial charge in [-0.15, -0.1) is 0 Å². The highest BCUT2D eigenvalue weighted by molar-refractivity contribution is 9.10. The van der Waals surface area contributed by atoms with Crippen molar-refractivity contribution in [2.24, 2.45) is 0 Å². The van der Waals surface area contributed by atoms with E-state index in [1.807, 2.05) is 0 Å². The molecule has 0 aliphatic rings. The average molecular weight is 546 g/mol. The lowest BCUT2D eigenvalue weighted by molar-refractivity contribution is -0.133. The largest absolute Gasteiger partial charge is 0.328 e. The Morgan fingerprint density at radius 3 is 2.24 bits per heavy atom. The number of nitrogens with zero attached hydrogens (tertiary/aromatic N) is 1. The maximum atomic E-state index is 13.0. The van der Waals surface area contributed by atoms with Gasteiger partial charge < -0.3 is 10.6 Å². The first-order valence-electron chi connectivity index (χ1n) is 9.56. The van der Waals surface area contributed by atoms with Crippen molar-refractivity contribution in [3.05, 3.63) is 93.0 Å². The predicted molar refractivity (Wildman–Crippen MR) is 133 cm³/mol. The lowest BCUT2D eigenvalue weighted by Gasteiger charge is -2.13. The molecule has 4 aromatic rings. The number of carbonyl (C=O) groups is 3. The standard InChI is InChI=1S/C23H15BrCl2N4O3/c24-14-4-9-19-13(10-14)11-20(21(31)28-18-3-1-2-16(26)12-18)30(19)29-23(33)22(32)27-17-7-5-15(25)6-8-17/h1-12H,(H,27,32)(H,28,31)(H,29,33). The average Bonchev–Trinajstić information content (AvgIpc) is 3.12. The fraction of sp³-hybridized carbons (Fsp3) is 0. The Bertz CT molecular complexity index is 1390. The first kappa shape index (κ1) is 22.8. The third-order valence-corrected chi connectivity index (χ3v) is 5.58. The highest BCUT2D eigenvalue weighted by atomic mass is 79.9. The van der Waals surface area contributed by atoms with Crippen LogP contribution in [0.2, 0.25) is 10.0 Å². The van der Waals surface area contributed by atoms with Crippen molar-refractivity contribution in [1.29, 1.82) is 0 Å². The molecule has 0 spiro atoms. The zero-order valence-electron chi connectivity index (χ0n) is 16.7. The van der Waals surface area contributed by atoms with Gasteiger partial charge in [0.2, 0.25) is 0 Å². The van der Waals surface area contributed by atoms with E-state index in [-0.39, 0.29) is 5.69 Å². The summed E-state index contributed by atoms with van der Waals surface area (Å²) >= 11 is 15.2. The Balaban J connectivity index is 1.62. The Hall–Kier alpha value is -3.33. The Labute approximate surface area is 206 Å². The number of fused-ring (bicyclic) bond motifs is 1. The van der Waals surface area contributed by atoms with Crippen molar-refractivity contribution in [1.82, 2.24) is 4.68 Å². The fourth-order valence-corrected chi connectivity index (χ4v) is 3.80. The molecule has 0 aliphatic heterocycles. The van der Waals surface area contributed by atoms with E-state index in [2.05, 4.69) is 32.0 Å². The molecule has 0 saturated heterocycles. The van der Waals surface area contributed by atoms with Crippen molar-refractivity contribution >= 4 is 79.1 Å². The highest BCUT2D eigenvalue weighted by Gasteiger charge is 2.21. The second-order valence-corrected chi connectivity index (χ2v) is 8.72. The van der Waals surface area contributed by atoms with Gasteiger partial charge in [-0.1, -0.05) is 45.2 Å². The van der Waals surface area contributed by atoms with Gasteiger partial charge in [-0.2, -0.15) is 0 Å². The summed E-state index contributed by atoms with van der Waals surface area (Å²) in [5.41, 5.74) is 4.04. The van der Waals surface area contributed by atoms with Crippen LogP contribution in [0.4, 0.5) is 11.4 Å². The van der Waals surface area contributed by atoms with Crippen LogP contribution in [0, 0.1) is 0 Å². The lowest BCUT2D eigenvalue weighted by Crippen LogP contribution is -2.36. The zero-order valence-corrected chi connectivity index (χ0v) is 19.8. The second-order valence-electron chi connectivity index (χ2n) is 6.93. The fourth-order valence-electron chi connectivity index (χ4n) is 3.11. The summed E-state index contributed by atoms with van der Waals surface area (Å²) in [6.07, 6.45) is 0. The maximum absolute atomic E-state index is 13.0. The molecule has 3 amide bonds. The van der Waals surface area contributed by atoms with Crippen molar-refractivity contribution in [3.8, 4) is 0 Å². The van der Waals surface area contributed by atoms with Gasteiger partial charge in [0, 0.05) is 31.3 Å². The van der Waals surface area contributed by atoms with Gasteiger partial charge in [0.15, 0.2) is 0 Å². The van der Waals surface area contributed by atoms with Crippen LogP contribution in [0.25, 0.3) is 10.9 Å². The molecule has 0 saturated carbocycles. The number of amides is 3. The smallest absolute Gasteiger partial charge is 0.321 e. The van der Waals surface area contributed by atoms with Crippen LogP contribution in [0.15, 0.2) is 77.3 Å². The van der Waals surface area contributed by atoms with E-state index < -0.39 is 17.7 Å². The van der Waals surface area contributed by atoms with Crippen molar-refractivity contribution in [2.75, 3.05) is 16.1 Å². The van der Waals surface area contributed by atoms with Crippen LogP contribution in [0.1, 0.15) is 10.5 Å². The van der Waals surface area contributed by atoms with Gasteiger partial charge in [-0.25, -0.2) is 4.68 Å². The van der Waals surface area contributed by atoms with Gasteiger partial charge >= 0.3 is 11.8 Å². The Morgan fingerprint density at radius 1 is 0.758 bits per heavy atom. The van der Waals surface area contributed by atoms with Gasteiger partial charge in [0.25, 0.3) is 5.91 Å². The normalized spacial score (nSPS) is 10.6. The first-order chi connectivity index (χ1) is 15.8. The number of aromatic nitrogens is 1. The van der Waals surface area contributed by atoms with Crippen molar-refractivity contribution < 1.29 is 14.4 Å². The predicted octanol–water partition coefficient (Wildman–Crippen LogP) is 5.67. The molecular weight excluding hydrogens is 531 g/mol. The summed E-state index contributed by atoms with van der Waals surface area (Å²) in [5.74, 6) is -2.36. The van der Waals surface area contributed by atoms with E-state index >= 15 is 0 Å². The topological polar surface area (TPSA) is 92.2 Å². The molecule has 33 heavy (non-hydrogen) atoms. The third kappa shape index (κ3) is 5.36. The quantitative estimate of drug-likeness (QED) is 0.288. The number of anilines is 2. The summed E-state index contributed by atoms with van der Waals surface area (Å²) in [5, 5.41) is 6.87. The van der Waals surface area contributed by atoms with Crippen LogP contribution in [0.5, 0.6) is 0 Å². The maximum Gasteiger partial charge on any atom is 0.328 e. The molecule has 10 heteroatoms. The van der Waals surface area contributed by atoms with Crippen LogP contribution < -0.4 is 16.1 Å². The molecular formula is C23H15BrCl2N4O3. The zero-order chi connectivity index (χ0) is 23.5. The highest BCUT2D eigenvalue weighted by Crippen LogP contribution is 2.24. The van der Waals surface area contributed by atoms with Crippen LogP contribution in [0.3, 0.4) is 0 Å². The van der Waals surface area contributed by atoms with E-state index in [9.17, 15) is 14.4 Å². The first-order valence-corrected chi connectivity index (χ1v) is 11.1. The van der Waals surface area contributed by atoms with Gasteiger partial charge in [0.1, 0.15) is 5.69 Å². The second kappa shape index (κ2) is 9.66. The molecule has 0 fully saturated rings. The number of hydrogen-bond acceptors (Lipinski definition) is 3. The summed E-state index contributed by atoms with van der Waals surface area (Å²) in [6.45, 7) is 0. The molecule has 1 heterocycles. The molecule has 0 radical (unpaired) electrons. The Kier molecular flexibility index (Phi) is 6.69. The number of hydrogen-bond donors (Lipinski definition) is 3. The lowest BCUT2D eigenvalue weighted by atomic mass is 10.2. The Morgan fingerprint density at radius 2 is 1.52 bits per heavy atom. The summed E-state index contributed by atoms with van der Waals surface area (Å²) in [6, 6.07) is 19.9. The van der Waals surface area contributed by atoms with Gasteiger partial charge in [-0.3, -0.25) is 19.8 Å². The molecule has 0 unspecified atom stereocenters. The van der Waals surface area contributed by atoms with Crippen LogP contribution in [-0.4, -0.2) is 22.4 Å². The molecule has 0 bridgehead atoms. The minimum atomic E-state index is -0.956. The van der Waals surface area contributed by atoms with Gasteiger partial charge in [-0.05, 0) is 66.7 Å². The van der Waals surface area contributed by atoms with E-state index in [1.165, 1.54) is 4.68 Å². The number of carbonyl (C=O) groups excluding carboxylic acids is 3. The van der Waals surface area contributed by atoms with E-state index in [4.69, 9.17) is 23.2 Å². The minimum Gasteiger partial charge on any atom is -0.321 e. The van der Waals surface area contributed by atoms with E-state index in [0.717, 1.165) is 4.47 Å². The number of rotatable bonds is 4. The molecule has 7 nitrogen and oxygen atoms in total. The minimum absolute atomic E-state index is 0.121. The van der Waals surface area contributed by atoms with Crippen LogP contribution in [-0.2, 0) is 9.59 Å². The summed E-state index contributed by atoms with van der Waals surface area (Å²) < 4.78 is 2.06. The molecule has 0 atom stereocenters. The molecule has 3 N–H and O–H groups in total. The molecule has 4 rings (SSSR count). The number of nitrogens with one attached hydrogen (secondary N) is 3. The van der Waals surface area contributed by atoms with Gasteiger partial charge in [0.05, 0.1) is 5.52 Å². The van der Waals surface area contributed by atoms with Crippen LogP contribution >= 0.6 is 39.1 Å². The molecule has 3 aromatic carbocycles. The molecule has 166 valence electrons. The van der Waals surface area contributed by atoms with Crippen molar-refractivity contribution in [3.63, 3.8) is 0 Å². The summed E-state index contributed by atoms with van der Waals surface area (Å²) in [7, 11) is 0. The summed E-state index contributed by atoms with van der Waals surface area (Å²) in [4.78, 5) is 38.1. The van der Waals surface area contributed by atoms with E-state index in [1.54, 1.807) is 72.8 Å². The third-order valence-electron chi connectivity index (χ3n) is 4.60. The molecule has 1 aromatic heterocycles. The molecule has 0 aliphatic carbocycles.